The molecule has 2 aromatic carbocycles. The van der Waals surface area contributed by atoms with Crippen molar-refractivity contribution in [2.75, 3.05) is 19.7 Å². The third kappa shape index (κ3) is 6.57. The Morgan fingerprint density at radius 2 is 1.97 bits per heavy atom. The van der Waals surface area contributed by atoms with Gasteiger partial charge >= 0.3 is 0 Å². The lowest BCUT2D eigenvalue weighted by atomic mass is 9.92. The van der Waals surface area contributed by atoms with Gasteiger partial charge in [0.1, 0.15) is 23.9 Å². The molecule has 2 heterocycles. The standard InChI is InChI=1S/C25H26Cl2FN3O3/c26-18-3-8-23-17(13-18)2-7-24(29-23)25(33)30-31-11-9-16(10-12-31)1-4-19(32)15-34-20-5-6-21(27)22(28)14-20/h2-3,5-8,13-14,16,19,32H,1,4,9-12,15H2,(H,30,33)/t19-/m1/s1. The summed E-state index contributed by atoms with van der Waals surface area (Å²) in [6.07, 6.45) is 2.65. The topological polar surface area (TPSA) is 74.7 Å². The third-order valence-electron chi connectivity index (χ3n) is 6.00. The Morgan fingerprint density at radius 3 is 2.74 bits per heavy atom. The van der Waals surface area contributed by atoms with E-state index in [1.54, 1.807) is 24.3 Å². The van der Waals surface area contributed by atoms with Crippen LogP contribution in [0.5, 0.6) is 5.75 Å². The molecule has 1 aliphatic heterocycles. The van der Waals surface area contributed by atoms with Crippen molar-refractivity contribution in [2.24, 2.45) is 5.92 Å². The molecule has 0 saturated carbocycles. The van der Waals surface area contributed by atoms with E-state index in [1.807, 2.05) is 17.1 Å². The fourth-order valence-corrected chi connectivity index (χ4v) is 4.33. The predicted molar refractivity (Wildman–Crippen MR) is 131 cm³/mol. The van der Waals surface area contributed by atoms with Crippen molar-refractivity contribution in [3.63, 3.8) is 0 Å². The van der Waals surface area contributed by atoms with Crippen LogP contribution in [0.15, 0.2) is 48.5 Å². The number of hydrogen-bond donors (Lipinski definition) is 2. The van der Waals surface area contributed by atoms with Crippen LogP contribution < -0.4 is 10.2 Å². The van der Waals surface area contributed by atoms with E-state index in [1.165, 1.54) is 12.1 Å². The van der Waals surface area contributed by atoms with Crippen molar-refractivity contribution in [1.29, 1.82) is 0 Å². The highest BCUT2D eigenvalue weighted by atomic mass is 35.5. The van der Waals surface area contributed by atoms with E-state index >= 15 is 0 Å². The van der Waals surface area contributed by atoms with Gasteiger partial charge in [-0.2, -0.15) is 0 Å². The maximum absolute atomic E-state index is 13.5. The third-order valence-corrected chi connectivity index (χ3v) is 6.54. The lowest BCUT2D eigenvalue weighted by molar-refractivity contribution is 0.0643. The maximum Gasteiger partial charge on any atom is 0.284 e. The minimum Gasteiger partial charge on any atom is -0.491 e. The minimum absolute atomic E-state index is 0.0364. The Labute approximate surface area is 207 Å². The lowest BCUT2D eigenvalue weighted by Crippen LogP contribution is -2.46. The van der Waals surface area contributed by atoms with Crippen LogP contribution >= 0.6 is 23.2 Å². The SMILES string of the molecule is O=C(NN1CCC(CC[C@@H](O)COc2ccc(Cl)c(F)c2)CC1)c1ccc2cc(Cl)ccc2n1. The van der Waals surface area contributed by atoms with Crippen LogP contribution in [-0.2, 0) is 0 Å². The van der Waals surface area contributed by atoms with E-state index in [2.05, 4.69) is 10.4 Å². The van der Waals surface area contributed by atoms with Crippen LogP contribution in [0.2, 0.25) is 10.0 Å². The molecule has 34 heavy (non-hydrogen) atoms. The molecule has 0 aliphatic carbocycles. The summed E-state index contributed by atoms with van der Waals surface area (Å²) in [5, 5.41) is 13.7. The second kappa shape index (κ2) is 11.3. The quantitative estimate of drug-likeness (QED) is 0.436. The molecule has 1 fully saturated rings. The van der Waals surface area contributed by atoms with Gasteiger partial charge in [-0.1, -0.05) is 29.3 Å². The van der Waals surface area contributed by atoms with Crippen LogP contribution in [0.4, 0.5) is 4.39 Å². The van der Waals surface area contributed by atoms with Crippen LogP contribution in [-0.4, -0.2) is 46.8 Å². The molecule has 2 N–H and O–H groups in total. The van der Waals surface area contributed by atoms with Gasteiger partial charge in [-0.15, -0.1) is 0 Å². The van der Waals surface area contributed by atoms with Gasteiger partial charge in [0.05, 0.1) is 16.6 Å². The summed E-state index contributed by atoms with van der Waals surface area (Å²) in [4.78, 5) is 17.1. The molecule has 1 saturated heterocycles. The molecule has 9 heteroatoms. The molecule has 180 valence electrons. The van der Waals surface area contributed by atoms with E-state index in [0.717, 1.165) is 43.3 Å². The second-order valence-corrected chi connectivity index (χ2v) is 9.37. The zero-order valence-corrected chi connectivity index (χ0v) is 20.0. The summed E-state index contributed by atoms with van der Waals surface area (Å²) < 4.78 is 18.9. The number of carbonyl (C=O) groups is 1. The van der Waals surface area contributed by atoms with Crippen molar-refractivity contribution in [2.45, 2.75) is 31.8 Å². The van der Waals surface area contributed by atoms with E-state index in [4.69, 9.17) is 27.9 Å². The van der Waals surface area contributed by atoms with Crippen molar-refractivity contribution < 1.29 is 19.0 Å². The molecular weight excluding hydrogens is 480 g/mol. The first-order chi connectivity index (χ1) is 16.4. The van der Waals surface area contributed by atoms with Gasteiger partial charge in [0, 0.05) is 29.6 Å². The summed E-state index contributed by atoms with van der Waals surface area (Å²) in [5.74, 6) is 0.0179. The summed E-state index contributed by atoms with van der Waals surface area (Å²) in [6, 6.07) is 13.1. The number of carbonyl (C=O) groups excluding carboxylic acids is 1. The number of halogens is 3. The molecule has 0 unspecified atom stereocenters. The summed E-state index contributed by atoms with van der Waals surface area (Å²) >= 11 is 11.7. The number of fused-ring (bicyclic) bond motifs is 1. The Morgan fingerprint density at radius 1 is 1.18 bits per heavy atom. The summed E-state index contributed by atoms with van der Waals surface area (Å²) in [5.41, 5.74) is 4.02. The summed E-state index contributed by atoms with van der Waals surface area (Å²) in [7, 11) is 0. The predicted octanol–water partition coefficient (Wildman–Crippen LogP) is 5.26. The van der Waals surface area contributed by atoms with Crippen molar-refractivity contribution in [3.8, 4) is 5.75 Å². The maximum atomic E-state index is 13.5. The van der Waals surface area contributed by atoms with Crippen LogP contribution in [0.1, 0.15) is 36.2 Å². The number of hydrogen-bond acceptors (Lipinski definition) is 5. The number of ether oxygens (including phenoxy) is 1. The van der Waals surface area contributed by atoms with Gasteiger partial charge < -0.3 is 9.84 Å². The Hall–Kier alpha value is -2.45. The molecule has 6 nitrogen and oxygen atoms in total. The minimum atomic E-state index is -0.634. The molecule has 1 aliphatic rings. The molecule has 1 aromatic heterocycles. The molecule has 3 aromatic rings. The molecule has 0 spiro atoms. The van der Waals surface area contributed by atoms with Crippen LogP contribution in [0.25, 0.3) is 10.9 Å². The van der Waals surface area contributed by atoms with Crippen molar-refractivity contribution in [1.82, 2.24) is 15.4 Å². The average Bonchev–Trinajstić information content (AvgIpc) is 2.84. The zero-order valence-electron chi connectivity index (χ0n) is 18.5. The number of aromatic nitrogens is 1. The lowest BCUT2D eigenvalue weighted by Gasteiger charge is -2.32. The highest BCUT2D eigenvalue weighted by Crippen LogP contribution is 2.24. The number of rotatable bonds is 8. The molecule has 0 radical (unpaired) electrons. The van der Waals surface area contributed by atoms with E-state index < -0.39 is 11.9 Å². The summed E-state index contributed by atoms with van der Waals surface area (Å²) in [6.45, 7) is 1.56. The van der Waals surface area contributed by atoms with Crippen molar-refractivity contribution >= 4 is 40.0 Å². The van der Waals surface area contributed by atoms with E-state index in [0.29, 0.717) is 28.8 Å². The van der Waals surface area contributed by atoms with E-state index in [9.17, 15) is 14.3 Å². The molecule has 1 amide bonds. The highest BCUT2D eigenvalue weighted by Gasteiger charge is 2.22. The Kier molecular flexibility index (Phi) is 8.21. The Balaban J connectivity index is 1.18. The van der Waals surface area contributed by atoms with Gasteiger partial charge in [-0.3, -0.25) is 10.2 Å². The van der Waals surface area contributed by atoms with Gasteiger partial charge in [-0.05, 0) is 68.0 Å². The smallest absolute Gasteiger partial charge is 0.284 e. The first-order valence-corrected chi connectivity index (χ1v) is 12.0. The van der Waals surface area contributed by atoms with Gasteiger partial charge in [0.15, 0.2) is 0 Å². The number of pyridine rings is 1. The number of piperidine rings is 1. The fraction of sp³-hybridized carbons (Fsp3) is 0.360. The number of hydrazine groups is 1. The number of amides is 1. The number of aliphatic hydroxyl groups is 1. The van der Waals surface area contributed by atoms with Gasteiger partial charge in [0.2, 0.25) is 0 Å². The van der Waals surface area contributed by atoms with Gasteiger partial charge in [0.25, 0.3) is 5.91 Å². The number of aliphatic hydroxyl groups excluding tert-OH is 1. The average molecular weight is 506 g/mol. The zero-order chi connectivity index (χ0) is 24.1. The molecule has 1 atom stereocenters. The fourth-order valence-electron chi connectivity index (χ4n) is 4.03. The molecular formula is C25H26Cl2FN3O3. The number of nitrogens with one attached hydrogen (secondary N) is 1. The first-order valence-electron chi connectivity index (χ1n) is 11.3. The molecule has 4 rings (SSSR count). The van der Waals surface area contributed by atoms with Gasteiger partial charge in [-0.25, -0.2) is 14.4 Å². The second-order valence-electron chi connectivity index (χ2n) is 8.52. The monoisotopic (exact) mass is 505 g/mol. The number of nitrogens with zero attached hydrogens (tertiary/aromatic N) is 2. The largest absolute Gasteiger partial charge is 0.491 e. The van der Waals surface area contributed by atoms with Crippen LogP contribution in [0.3, 0.4) is 0 Å². The molecule has 0 bridgehead atoms. The highest BCUT2D eigenvalue weighted by molar-refractivity contribution is 6.31. The normalized spacial score (nSPS) is 15.9. The first kappa shape index (κ1) is 24.7. The van der Waals surface area contributed by atoms with E-state index in [-0.39, 0.29) is 17.5 Å². The Bertz CT molecular complexity index is 1160. The number of benzene rings is 2. The van der Waals surface area contributed by atoms with Crippen LogP contribution in [0, 0.1) is 11.7 Å². The van der Waals surface area contributed by atoms with Crippen molar-refractivity contribution in [3.05, 3.63) is 70.1 Å².